The molecule has 2 heterocycles. The van der Waals surface area contributed by atoms with Crippen LogP contribution < -0.4 is 5.32 Å². The van der Waals surface area contributed by atoms with Crippen molar-refractivity contribution >= 4 is 17.9 Å². The van der Waals surface area contributed by atoms with E-state index in [0.29, 0.717) is 43.1 Å². The maximum atomic E-state index is 12.8. The van der Waals surface area contributed by atoms with Gasteiger partial charge in [-0.15, -0.1) is 0 Å². The van der Waals surface area contributed by atoms with Crippen molar-refractivity contribution in [3.8, 4) is 0 Å². The number of pyridine rings is 1. The molecule has 0 aromatic carbocycles. The van der Waals surface area contributed by atoms with Crippen LogP contribution in [0.15, 0.2) is 12.1 Å². The van der Waals surface area contributed by atoms with Crippen LogP contribution in [-0.2, 0) is 4.74 Å². The van der Waals surface area contributed by atoms with Gasteiger partial charge >= 0.3 is 12.0 Å². The van der Waals surface area contributed by atoms with Crippen LogP contribution in [0.5, 0.6) is 0 Å². The van der Waals surface area contributed by atoms with Crippen molar-refractivity contribution in [2.45, 2.75) is 52.0 Å². The van der Waals surface area contributed by atoms with Gasteiger partial charge in [-0.1, -0.05) is 19.3 Å². The van der Waals surface area contributed by atoms with Crippen molar-refractivity contribution in [2.75, 3.05) is 32.8 Å². The first-order valence-corrected chi connectivity index (χ1v) is 10.5. The molecule has 1 N–H and O–H groups in total. The maximum Gasteiger partial charge on any atom is 0.339 e. The van der Waals surface area contributed by atoms with Crippen LogP contribution in [0.2, 0.25) is 0 Å². The number of hydrogen-bond acceptors (Lipinski definition) is 5. The van der Waals surface area contributed by atoms with E-state index in [-0.39, 0.29) is 24.6 Å². The van der Waals surface area contributed by atoms with Gasteiger partial charge in [-0.25, -0.2) is 14.6 Å². The molecule has 1 aliphatic heterocycles. The Morgan fingerprint density at radius 1 is 1.07 bits per heavy atom. The van der Waals surface area contributed by atoms with Crippen LogP contribution in [0.25, 0.3) is 0 Å². The van der Waals surface area contributed by atoms with E-state index in [1.54, 1.807) is 35.8 Å². The number of piperazine rings is 1. The van der Waals surface area contributed by atoms with E-state index in [1.165, 1.54) is 19.3 Å². The quantitative estimate of drug-likeness (QED) is 0.781. The SMILES string of the molecule is CCOC(=O)c1ccc(C(=O)N2CCN(C(=O)NC3CCCCC3)CC2)nc1C. The third-order valence-corrected chi connectivity index (χ3v) is 5.59. The van der Waals surface area contributed by atoms with Crippen molar-refractivity contribution in [3.05, 3.63) is 29.1 Å². The van der Waals surface area contributed by atoms with Gasteiger partial charge in [-0.05, 0) is 38.8 Å². The minimum absolute atomic E-state index is 0.0308. The van der Waals surface area contributed by atoms with Gasteiger partial charge < -0.3 is 19.9 Å². The molecule has 2 aliphatic rings. The van der Waals surface area contributed by atoms with Gasteiger partial charge in [0.1, 0.15) is 5.69 Å². The molecule has 0 bridgehead atoms. The normalized spacial score (nSPS) is 17.7. The number of ether oxygens (including phenoxy) is 1. The summed E-state index contributed by atoms with van der Waals surface area (Å²) < 4.78 is 5.00. The van der Waals surface area contributed by atoms with Gasteiger partial charge in [0.15, 0.2) is 0 Å². The first-order valence-electron chi connectivity index (χ1n) is 10.5. The summed E-state index contributed by atoms with van der Waals surface area (Å²) in [5.74, 6) is -0.620. The predicted octanol–water partition coefficient (Wildman–Crippen LogP) is 2.37. The molecule has 0 radical (unpaired) electrons. The molecule has 3 amide bonds. The molecule has 2 fully saturated rings. The number of aromatic nitrogens is 1. The minimum atomic E-state index is -0.436. The Kier molecular flexibility index (Phi) is 7.06. The molecular weight excluding hydrogens is 372 g/mol. The number of nitrogens with zero attached hydrogens (tertiary/aromatic N) is 3. The summed E-state index contributed by atoms with van der Waals surface area (Å²) in [5.41, 5.74) is 1.14. The number of rotatable bonds is 4. The fraction of sp³-hybridized carbons (Fsp3) is 0.619. The zero-order valence-corrected chi connectivity index (χ0v) is 17.3. The third-order valence-electron chi connectivity index (χ3n) is 5.59. The Balaban J connectivity index is 1.53. The van der Waals surface area contributed by atoms with Crippen LogP contribution in [-0.4, -0.2) is 71.5 Å². The molecule has 8 heteroatoms. The largest absolute Gasteiger partial charge is 0.462 e. The number of amides is 3. The Labute approximate surface area is 171 Å². The van der Waals surface area contributed by atoms with Crippen molar-refractivity contribution < 1.29 is 19.1 Å². The molecule has 1 aliphatic carbocycles. The van der Waals surface area contributed by atoms with Gasteiger partial charge in [0, 0.05) is 32.2 Å². The Hall–Kier alpha value is -2.64. The van der Waals surface area contributed by atoms with E-state index < -0.39 is 5.97 Å². The fourth-order valence-corrected chi connectivity index (χ4v) is 3.89. The monoisotopic (exact) mass is 402 g/mol. The van der Waals surface area contributed by atoms with Crippen LogP contribution in [0.4, 0.5) is 4.79 Å². The summed E-state index contributed by atoms with van der Waals surface area (Å²) >= 11 is 0. The smallest absolute Gasteiger partial charge is 0.339 e. The molecule has 0 unspecified atom stereocenters. The number of aryl methyl sites for hydroxylation is 1. The molecule has 1 saturated heterocycles. The predicted molar refractivity (Wildman–Crippen MR) is 108 cm³/mol. The second-order valence-electron chi connectivity index (χ2n) is 7.61. The Morgan fingerprint density at radius 3 is 2.34 bits per heavy atom. The molecule has 1 saturated carbocycles. The molecule has 29 heavy (non-hydrogen) atoms. The lowest BCUT2D eigenvalue weighted by Gasteiger charge is -2.36. The fourth-order valence-electron chi connectivity index (χ4n) is 3.89. The zero-order valence-electron chi connectivity index (χ0n) is 17.3. The number of esters is 1. The average Bonchev–Trinajstić information content (AvgIpc) is 2.74. The van der Waals surface area contributed by atoms with Crippen molar-refractivity contribution in [1.29, 1.82) is 0 Å². The van der Waals surface area contributed by atoms with Crippen molar-refractivity contribution in [2.24, 2.45) is 0 Å². The highest BCUT2D eigenvalue weighted by atomic mass is 16.5. The number of nitrogens with one attached hydrogen (secondary N) is 1. The average molecular weight is 402 g/mol. The Morgan fingerprint density at radius 2 is 1.72 bits per heavy atom. The molecule has 0 spiro atoms. The van der Waals surface area contributed by atoms with E-state index >= 15 is 0 Å². The standard InChI is InChI=1S/C21H30N4O4/c1-3-29-20(27)17-9-10-18(22-15(17)2)19(26)24-11-13-25(14-12-24)21(28)23-16-7-5-4-6-8-16/h9-10,16H,3-8,11-14H2,1-2H3,(H,23,28). The summed E-state index contributed by atoms with van der Waals surface area (Å²) in [6.45, 7) is 5.67. The van der Waals surface area contributed by atoms with Gasteiger partial charge in [0.25, 0.3) is 5.91 Å². The maximum absolute atomic E-state index is 12.8. The summed E-state index contributed by atoms with van der Waals surface area (Å²) in [7, 11) is 0. The third kappa shape index (κ3) is 5.25. The van der Waals surface area contributed by atoms with E-state index in [4.69, 9.17) is 4.74 Å². The van der Waals surface area contributed by atoms with E-state index in [9.17, 15) is 14.4 Å². The lowest BCUT2D eigenvalue weighted by molar-refractivity contribution is 0.0523. The van der Waals surface area contributed by atoms with Crippen molar-refractivity contribution in [1.82, 2.24) is 20.1 Å². The van der Waals surface area contributed by atoms with Gasteiger partial charge in [0.05, 0.1) is 17.9 Å². The number of hydrogen-bond donors (Lipinski definition) is 1. The summed E-state index contributed by atoms with van der Waals surface area (Å²) in [4.78, 5) is 44.9. The second kappa shape index (κ2) is 9.71. The molecule has 1 aromatic heterocycles. The van der Waals surface area contributed by atoms with Crippen LogP contribution in [0.1, 0.15) is 65.6 Å². The lowest BCUT2D eigenvalue weighted by Crippen LogP contribution is -2.54. The highest BCUT2D eigenvalue weighted by Crippen LogP contribution is 2.18. The number of urea groups is 1. The number of carbonyl (C=O) groups is 3. The van der Waals surface area contributed by atoms with Gasteiger partial charge in [0.2, 0.25) is 0 Å². The first kappa shape index (κ1) is 21.1. The van der Waals surface area contributed by atoms with Crippen LogP contribution in [0.3, 0.4) is 0 Å². The molecular formula is C21H30N4O4. The van der Waals surface area contributed by atoms with E-state index in [2.05, 4.69) is 10.3 Å². The highest BCUT2D eigenvalue weighted by Gasteiger charge is 2.27. The molecule has 158 valence electrons. The van der Waals surface area contributed by atoms with E-state index in [0.717, 1.165) is 12.8 Å². The van der Waals surface area contributed by atoms with Crippen molar-refractivity contribution in [3.63, 3.8) is 0 Å². The highest BCUT2D eigenvalue weighted by molar-refractivity contribution is 5.95. The van der Waals surface area contributed by atoms with E-state index in [1.807, 2.05) is 0 Å². The summed E-state index contributed by atoms with van der Waals surface area (Å²) in [6.07, 6.45) is 5.71. The first-order chi connectivity index (χ1) is 14.0. The van der Waals surface area contributed by atoms with Gasteiger partial charge in [-0.2, -0.15) is 0 Å². The zero-order chi connectivity index (χ0) is 20.8. The van der Waals surface area contributed by atoms with Crippen LogP contribution >= 0.6 is 0 Å². The Bertz CT molecular complexity index is 753. The molecule has 3 rings (SSSR count). The van der Waals surface area contributed by atoms with Gasteiger partial charge in [-0.3, -0.25) is 4.79 Å². The topological polar surface area (TPSA) is 91.8 Å². The number of carbonyl (C=O) groups excluding carboxylic acids is 3. The van der Waals surface area contributed by atoms with Crippen LogP contribution in [0, 0.1) is 6.92 Å². The molecule has 0 atom stereocenters. The summed E-state index contributed by atoms with van der Waals surface area (Å²) in [5, 5.41) is 3.13. The second-order valence-corrected chi connectivity index (χ2v) is 7.61. The molecule has 8 nitrogen and oxygen atoms in total. The summed E-state index contributed by atoms with van der Waals surface area (Å²) in [6, 6.07) is 3.39. The molecule has 1 aromatic rings. The minimum Gasteiger partial charge on any atom is -0.462 e. The lowest BCUT2D eigenvalue weighted by atomic mass is 9.96.